The Labute approximate surface area is 357 Å². The van der Waals surface area contributed by atoms with Gasteiger partial charge in [0.1, 0.15) is 43.2 Å². The zero-order valence-corrected chi connectivity index (χ0v) is 38.0. The van der Waals surface area contributed by atoms with Crippen molar-refractivity contribution >= 4 is 19.8 Å². The Morgan fingerprint density at radius 1 is 0.458 bits per heavy atom. The van der Waals surface area contributed by atoms with Gasteiger partial charge in [0.2, 0.25) is 0 Å². The Balaban J connectivity index is 2.40. The van der Waals surface area contributed by atoms with E-state index in [0.29, 0.717) is 12.8 Å². The van der Waals surface area contributed by atoms with Crippen LogP contribution in [0.5, 0.6) is 0 Å². The molecule has 1 rings (SSSR count). The van der Waals surface area contributed by atoms with E-state index < -0.39 is 75.7 Å². The summed E-state index contributed by atoms with van der Waals surface area (Å²) in [6.07, 6.45) is 23.1. The number of aliphatic hydroxyl groups excluding tert-OH is 5. The first kappa shape index (κ1) is 55.9. The summed E-state index contributed by atoms with van der Waals surface area (Å²) in [6.45, 7) is 3.31. The molecule has 0 heterocycles. The fourth-order valence-electron chi connectivity index (χ4n) is 7.58. The quantitative estimate of drug-likeness (QED) is 0.0193. The second-order valence-electron chi connectivity index (χ2n) is 17.0. The number of esters is 2. The molecule has 0 aromatic rings. The van der Waals surface area contributed by atoms with Gasteiger partial charge in [0.25, 0.3) is 0 Å². The molecule has 350 valence electrons. The molecule has 6 atom stereocenters. The zero-order valence-electron chi connectivity index (χ0n) is 37.1. The van der Waals surface area contributed by atoms with E-state index in [1.807, 2.05) is 0 Å². The molecule has 59 heavy (non-hydrogen) atoms. The molecule has 0 radical (unpaired) electrons. The van der Waals surface area contributed by atoms with Crippen LogP contribution in [-0.4, -0.2) is 98.3 Å². The van der Waals surface area contributed by atoms with Gasteiger partial charge >= 0.3 is 19.8 Å². The van der Waals surface area contributed by atoms with E-state index >= 15 is 0 Å². The molecule has 0 bridgehead atoms. The lowest BCUT2D eigenvalue weighted by molar-refractivity contribution is -0.220. The van der Waals surface area contributed by atoms with Crippen molar-refractivity contribution in [3.63, 3.8) is 0 Å². The molecular formula is C45H87O13P. The van der Waals surface area contributed by atoms with Crippen LogP contribution in [0.2, 0.25) is 0 Å². The van der Waals surface area contributed by atoms with Crippen LogP contribution in [0, 0.1) is 0 Å². The van der Waals surface area contributed by atoms with Gasteiger partial charge in [-0.15, -0.1) is 0 Å². The molecule has 1 fully saturated rings. The fourth-order valence-corrected chi connectivity index (χ4v) is 8.56. The van der Waals surface area contributed by atoms with Crippen LogP contribution in [0.25, 0.3) is 0 Å². The predicted octanol–water partition coefficient (Wildman–Crippen LogP) is 9.28. The Morgan fingerprint density at radius 2 is 0.763 bits per heavy atom. The van der Waals surface area contributed by atoms with Crippen LogP contribution >= 0.6 is 7.82 Å². The number of ether oxygens (including phenoxy) is 2. The van der Waals surface area contributed by atoms with E-state index in [-0.39, 0.29) is 12.8 Å². The minimum atomic E-state index is -5.11. The van der Waals surface area contributed by atoms with Crippen molar-refractivity contribution in [2.45, 2.75) is 262 Å². The highest BCUT2D eigenvalue weighted by Gasteiger charge is 2.51. The minimum absolute atomic E-state index is 0.105. The predicted molar refractivity (Wildman–Crippen MR) is 231 cm³/mol. The molecule has 14 heteroatoms. The van der Waals surface area contributed by atoms with Crippen molar-refractivity contribution in [3.8, 4) is 0 Å². The Kier molecular flexibility index (Phi) is 34.4. The number of phosphoric ester groups is 1. The third-order valence-corrected chi connectivity index (χ3v) is 12.4. The maximum absolute atomic E-state index is 12.8. The number of unbranched alkanes of at least 4 members (excludes halogenated alkanes) is 28. The van der Waals surface area contributed by atoms with Crippen LogP contribution in [0.4, 0.5) is 0 Å². The molecule has 0 saturated heterocycles. The summed E-state index contributed by atoms with van der Waals surface area (Å²) in [5.74, 6) is -1.08. The van der Waals surface area contributed by atoms with Crippen molar-refractivity contribution in [1.29, 1.82) is 0 Å². The fraction of sp³-hybridized carbons (Fsp3) is 0.956. The Hall–Kier alpha value is -1.15. The zero-order chi connectivity index (χ0) is 43.6. The monoisotopic (exact) mass is 867 g/mol. The highest BCUT2D eigenvalue weighted by molar-refractivity contribution is 7.47. The van der Waals surface area contributed by atoms with Crippen LogP contribution < -0.4 is 0 Å². The molecule has 1 saturated carbocycles. The number of carbonyl (C=O) groups is 2. The van der Waals surface area contributed by atoms with Gasteiger partial charge in [-0.1, -0.05) is 194 Å². The van der Waals surface area contributed by atoms with E-state index in [1.165, 1.54) is 141 Å². The van der Waals surface area contributed by atoms with Crippen LogP contribution in [-0.2, 0) is 32.7 Å². The average Bonchev–Trinajstić information content (AvgIpc) is 3.21. The third-order valence-electron chi connectivity index (χ3n) is 11.4. The van der Waals surface area contributed by atoms with Crippen molar-refractivity contribution in [2.75, 3.05) is 13.2 Å². The Bertz CT molecular complexity index is 1050. The van der Waals surface area contributed by atoms with Crippen molar-refractivity contribution in [3.05, 3.63) is 0 Å². The first-order valence-corrected chi connectivity index (χ1v) is 25.3. The minimum Gasteiger partial charge on any atom is -0.462 e. The van der Waals surface area contributed by atoms with Gasteiger partial charge in [0.15, 0.2) is 6.10 Å². The first-order chi connectivity index (χ1) is 28.4. The van der Waals surface area contributed by atoms with Gasteiger partial charge in [-0.05, 0) is 12.8 Å². The molecular weight excluding hydrogens is 779 g/mol. The smallest absolute Gasteiger partial charge is 0.462 e. The summed E-state index contributed by atoms with van der Waals surface area (Å²) < 4.78 is 33.5. The summed E-state index contributed by atoms with van der Waals surface area (Å²) in [7, 11) is -5.11. The molecule has 0 aromatic heterocycles. The Morgan fingerprint density at radius 3 is 1.12 bits per heavy atom. The number of phosphoric acid groups is 1. The summed E-state index contributed by atoms with van der Waals surface area (Å²) in [4.78, 5) is 35.7. The average molecular weight is 867 g/mol. The van der Waals surface area contributed by atoms with Crippen LogP contribution in [0.15, 0.2) is 0 Å². The van der Waals surface area contributed by atoms with Crippen molar-refractivity contribution in [1.82, 2.24) is 0 Å². The van der Waals surface area contributed by atoms with E-state index in [4.69, 9.17) is 18.5 Å². The molecule has 6 N–H and O–H groups in total. The molecule has 6 unspecified atom stereocenters. The highest BCUT2D eigenvalue weighted by atomic mass is 31.2. The maximum atomic E-state index is 12.8. The van der Waals surface area contributed by atoms with E-state index in [9.17, 15) is 44.6 Å². The van der Waals surface area contributed by atoms with Crippen molar-refractivity contribution in [2.24, 2.45) is 0 Å². The van der Waals surface area contributed by atoms with E-state index in [1.54, 1.807) is 0 Å². The standard InChI is InChI=1S/C45H87O13P/c1-3-5-7-9-11-13-15-16-17-18-19-20-21-22-24-26-28-30-32-34-39(47)57-37(35-55-38(46)33-31-29-27-25-23-14-12-10-8-6-4-2)36-56-59(53,54)58-45-43(51)41(49)40(48)42(50)44(45)52/h37,40-45,48-52H,3-36H2,1-2H3,(H,53,54). The number of aliphatic hydroxyl groups is 5. The second kappa shape index (κ2) is 36.3. The SMILES string of the molecule is CCCCCCCCCCCCCCCCCCCCCC(=O)OC(COC(=O)CCCCCCCCCCCCC)COP(=O)(O)OC1C(O)C(O)C(O)C(O)C1O. The number of hydrogen-bond acceptors (Lipinski definition) is 12. The van der Waals surface area contributed by atoms with Gasteiger partial charge in [0, 0.05) is 12.8 Å². The van der Waals surface area contributed by atoms with Gasteiger partial charge in [-0.2, -0.15) is 0 Å². The molecule has 1 aliphatic carbocycles. The van der Waals surface area contributed by atoms with Crippen LogP contribution in [0.1, 0.15) is 219 Å². The number of hydrogen-bond donors (Lipinski definition) is 6. The van der Waals surface area contributed by atoms with Crippen LogP contribution in [0.3, 0.4) is 0 Å². The molecule has 0 aliphatic heterocycles. The lowest BCUT2D eigenvalue weighted by atomic mass is 9.85. The molecule has 13 nitrogen and oxygen atoms in total. The third kappa shape index (κ3) is 29.0. The van der Waals surface area contributed by atoms with Crippen molar-refractivity contribution < 1.29 is 63.1 Å². The molecule has 0 amide bonds. The highest BCUT2D eigenvalue weighted by Crippen LogP contribution is 2.47. The van der Waals surface area contributed by atoms with Gasteiger partial charge < -0.3 is 39.9 Å². The lowest BCUT2D eigenvalue weighted by Gasteiger charge is -2.41. The van der Waals surface area contributed by atoms with Gasteiger partial charge in [0.05, 0.1) is 6.61 Å². The molecule has 0 aromatic carbocycles. The number of rotatable bonds is 40. The van der Waals surface area contributed by atoms with E-state index in [2.05, 4.69) is 13.8 Å². The van der Waals surface area contributed by atoms with Gasteiger partial charge in [-0.25, -0.2) is 4.57 Å². The summed E-state index contributed by atoms with van der Waals surface area (Å²) in [5, 5.41) is 50.1. The lowest BCUT2D eigenvalue weighted by Crippen LogP contribution is -2.64. The molecule has 0 spiro atoms. The number of carbonyl (C=O) groups excluding carboxylic acids is 2. The van der Waals surface area contributed by atoms with E-state index in [0.717, 1.165) is 38.5 Å². The molecule has 1 aliphatic rings. The topological polar surface area (TPSA) is 210 Å². The summed E-state index contributed by atoms with van der Waals surface area (Å²) >= 11 is 0. The summed E-state index contributed by atoms with van der Waals surface area (Å²) in [5.41, 5.74) is 0. The second-order valence-corrected chi connectivity index (χ2v) is 18.4. The summed E-state index contributed by atoms with van der Waals surface area (Å²) in [6, 6.07) is 0. The largest absolute Gasteiger partial charge is 0.472 e. The maximum Gasteiger partial charge on any atom is 0.472 e. The first-order valence-electron chi connectivity index (χ1n) is 23.8. The normalized spacial score (nSPS) is 22.2. The van der Waals surface area contributed by atoms with Gasteiger partial charge in [-0.3, -0.25) is 18.6 Å².